The van der Waals surface area contributed by atoms with E-state index in [0.717, 1.165) is 6.07 Å². The van der Waals surface area contributed by atoms with E-state index in [9.17, 15) is 46.5 Å². The molecule has 6 atom stereocenters. The molecule has 1 aromatic rings. The molecule has 190 valence electrons. The number of H-pyrrole nitrogens is 1. The minimum atomic E-state index is -5.88. The number of hydrogen-bond donors (Lipinski definition) is 6. The third-order valence-electron chi connectivity index (χ3n) is 3.53. The molecule has 0 bridgehead atoms. The lowest BCUT2D eigenvalue weighted by Gasteiger charge is -2.23. The van der Waals surface area contributed by atoms with Crippen LogP contribution in [0.4, 0.5) is 13.2 Å². The van der Waals surface area contributed by atoms with E-state index in [1.54, 1.807) is 4.98 Å². The van der Waals surface area contributed by atoms with Crippen LogP contribution in [0, 0.1) is 0 Å². The molecule has 2 unspecified atom stereocenters. The number of nitrogens with zero attached hydrogens (tertiary/aromatic N) is 1. The van der Waals surface area contributed by atoms with Crippen LogP contribution in [-0.2, 0) is 36.3 Å². The van der Waals surface area contributed by atoms with Crippen molar-refractivity contribution < 1.29 is 74.2 Å². The minimum absolute atomic E-state index is 0.395. The molecule has 17 nitrogen and oxygen atoms in total. The highest BCUT2D eigenvalue weighted by Gasteiger charge is 2.52. The molecule has 33 heavy (non-hydrogen) atoms. The number of alkyl halides is 3. The van der Waals surface area contributed by atoms with Crippen molar-refractivity contribution in [3.63, 3.8) is 0 Å². The number of phosphoric acid groups is 3. The number of halogens is 3. The lowest BCUT2D eigenvalue weighted by Crippen LogP contribution is -2.42. The number of aromatic amines is 1. The molecule has 6 N–H and O–H groups in total. The maximum Gasteiger partial charge on any atom is 0.523 e. The van der Waals surface area contributed by atoms with Crippen molar-refractivity contribution in [3.05, 3.63) is 33.1 Å². The maximum atomic E-state index is 12.8. The number of nitrogens with one attached hydrogen (secondary N) is 1. The van der Waals surface area contributed by atoms with Crippen LogP contribution in [0.3, 0.4) is 0 Å². The number of rotatable bonds is 9. The standard InChI is InChI=1S/C10H14F3N2O15P3/c11-10(12,13)28-7-6(17)4(27-8(7)15-2-1-5(16)14-9(15)18)3-26-32(22,23)30-33(24,25)29-31(19,20)21/h1-2,4,6-8,17H,3H2,(H,22,23)(H,24,25)(H,14,16,18)(H2,19,20,21)/t4-,6+,7-,8-/m1/s1. The van der Waals surface area contributed by atoms with Crippen LogP contribution in [0.5, 0.6) is 0 Å². The Morgan fingerprint density at radius 1 is 1.09 bits per heavy atom. The van der Waals surface area contributed by atoms with Gasteiger partial charge in [0.05, 0.1) is 6.61 Å². The van der Waals surface area contributed by atoms with Crippen LogP contribution in [0.1, 0.15) is 6.23 Å². The molecule has 0 amide bonds. The van der Waals surface area contributed by atoms with E-state index in [1.165, 1.54) is 0 Å². The van der Waals surface area contributed by atoms with Crippen molar-refractivity contribution in [1.82, 2.24) is 9.55 Å². The van der Waals surface area contributed by atoms with Crippen molar-refractivity contribution in [3.8, 4) is 0 Å². The van der Waals surface area contributed by atoms with Crippen LogP contribution in [0.15, 0.2) is 21.9 Å². The summed E-state index contributed by atoms with van der Waals surface area (Å²) in [4.78, 5) is 60.1. The molecule has 0 saturated carbocycles. The monoisotopic (exact) mass is 552 g/mol. The molecule has 0 aromatic carbocycles. The largest absolute Gasteiger partial charge is 0.523 e. The van der Waals surface area contributed by atoms with Crippen molar-refractivity contribution in [2.45, 2.75) is 30.9 Å². The molecular weight excluding hydrogens is 538 g/mol. The van der Waals surface area contributed by atoms with Gasteiger partial charge in [0.15, 0.2) is 6.23 Å². The van der Waals surface area contributed by atoms with Crippen LogP contribution in [-0.4, -0.2) is 65.5 Å². The fourth-order valence-corrected chi connectivity index (χ4v) is 5.49. The SMILES string of the molecule is O=c1ccn([C@@H]2O[C@H](COP(=O)(O)OP(=O)(O)OP(=O)(O)O)[C@H](O)[C@H]2OC(F)(F)F)c(=O)[nH]1. The summed E-state index contributed by atoms with van der Waals surface area (Å²) in [6.07, 6.45) is -13.4. The Morgan fingerprint density at radius 2 is 1.70 bits per heavy atom. The first-order valence-corrected chi connectivity index (χ1v) is 12.5. The van der Waals surface area contributed by atoms with Crippen LogP contribution >= 0.6 is 23.5 Å². The molecule has 1 fully saturated rings. The van der Waals surface area contributed by atoms with E-state index >= 15 is 0 Å². The fraction of sp³-hybridized carbons (Fsp3) is 0.600. The number of aliphatic hydroxyl groups is 1. The van der Waals surface area contributed by atoms with Crippen LogP contribution in [0.25, 0.3) is 0 Å². The van der Waals surface area contributed by atoms with Gasteiger partial charge in [0.1, 0.15) is 18.3 Å². The van der Waals surface area contributed by atoms with Gasteiger partial charge in [0.25, 0.3) is 5.56 Å². The van der Waals surface area contributed by atoms with E-state index < -0.39 is 72.2 Å². The topological polar surface area (TPSA) is 253 Å². The van der Waals surface area contributed by atoms with Crippen LogP contribution < -0.4 is 11.2 Å². The first-order chi connectivity index (χ1) is 14.8. The highest BCUT2D eigenvalue weighted by Crippen LogP contribution is 2.66. The number of phosphoric ester groups is 1. The number of aromatic nitrogens is 2. The molecule has 1 aliphatic heterocycles. The molecule has 0 radical (unpaired) electrons. The Hall–Kier alpha value is -1.24. The van der Waals surface area contributed by atoms with Gasteiger partial charge in [-0.25, -0.2) is 18.5 Å². The predicted molar refractivity (Wildman–Crippen MR) is 92.0 cm³/mol. The van der Waals surface area contributed by atoms with Gasteiger partial charge in [-0.15, -0.1) is 13.2 Å². The molecule has 0 aliphatic carbocycles. The third-order valence-corrected chi connectivity index (χ3v) is 7.33. The van der Waals surface area contributed by atoms with E-state index in [0.29, 0.717) is 10.8 Å². The van der Waals surface area contributed by atoms with Crippen LogP contribution in [0.2, 0.25) is 0 Å². The highest BCUT2D eigenvalue weighted by molar-refractivity contribution is 7.66. The van der Waals surface area contributed by atoms with Gasteiger partial charge in [-0.3, -0.25) is 23.6 Å². The zero-order valence-corrected chi connectivity index (χ0v) is 18.1. The molecular formula is C10H14F3N2O15P3. The second-order valence-electron chi connectivity index (χ2n) is 5.99. The average molecular weight is 552 g/mol. The average Bonchev–Trinajstić information content (AvgIpc) is 2.84. The van der Waals surface area contributed by atoms with Crippen molar-refractivity contribution in [2.24, 2.45) is 0 Å². The highest BCUT2D eigenvalue weighted by atomic mass is 31.3. The van der Waals surface area contributed by atoms with Gasteiger partial charge >= 0.3 is 35.5 Å². The Morgan fingerprint density at radius 3 is 2.21 bits per heavy atom. The van der Waals surface area contributed by atoms with Crippen molar-refractivity contribution in [1.29, 1.82) is 0 Å². The summed E-state index contributed by atoms with van der Waals surface area (Å²) in [6, 6.07) is 0.723. The van der Waals surface area contributed by atoms with Gasteiger partial charge in [-0.05, 0) is 0 Å². The molecule has 0 spiro atoms. The van der Waals surface area contributed by atoms with Crippen molar-refractivity contribution in [2.75, 3.05) is 6.61 Å². The number of hydrogen-bond acceptors (Lipinski definition) is 11. The minimum Gasteiger partial charge on any atom is -0.387 e. The molecule has 23 heteroatoms. The third kappa shape index (κ3) is 8.48. The van der Waals surface area contributed by atoms with E-state index in [2.05, 4.69) is 17.9 Å². The normalized spacial score (nSPS) is 27.8. The zero-order valence-electron chi connectivity index (χ0n) is 15.4. The maximum absolute atomic E-state index is 12.8. The summed E-state index contributed by atoms with van der Waals surface area (Å²) < 4.78 is 92.1. The van der Waals surface area contributed by atoms with Gasteiger partial charge in [0, 0.05) is 12.3 Å². The van der Waals surface area contributed by atoms with E-state index in [4.69, 9.17) is 19.4 Å². The first-order valence-electron chi connectivity index (χ1n) is 7.96. The first kappa shape index (κ1) is 28.0. The summed E-state index contributed by atoms with van der Waals surface area (Å²) in [5, 5.41) is 10.1. The van der Waals surface area contributed by atoms with Gasteiger partial charge in [-0.1, -0.05) is 0 Å². The van der Waals surface area contributed by atoms with E-state index in [-0.39, 0.29) is 0 Å². The number of aliphatic hydroxyl groups excluding tert-OH is 1. The van der Waals surface area contributed by atoms with Crippen molar-refractivity contribution >= 4 is 23.5 Å². The van der Waals surface area contributed by atoms with Gasteiger partial charge in [0.2, 0.25) is 0 Å². The summed E-state index contributed by atoms with van der Waals surface area (Å²) >= 11 is 0. The molecule has 2 heterocycles. The lowest BCUT2D eigenvalue weighted by atomic mass is 10.1. The predicted octanol–water partition coefficient (Wildman–Crippen LogP) is -0.957. The fourth-order valence-electron chi connectivity index (χ4n) is 2.46. The molecule has 2 rings (SSSR count). The van der Waals surface area contributed by atoms with Gasteiger partial charge in [-0.2, -0.15) is 8.62 Å². The molecule has 1 aliphatic rings. The second-order valence-corrected chi connectivity index (χ2v) is 10.4. The summed E-state index contributed by atoms with van der Waals surface area (Å²) in [6.45, 7) is -1.34. The Bertz CT molecular complexity index is 1110. The lowest BCUT2D eigenvalue weighted by molar-refractivity contribution is -0.356. The van der Waals surface area contributed by atoms with Gasteiger partial charge < -0.3 is 29.4 Å². The van der Waals surface area contributed by atoms with E-state index in [1.807, 2.05) is 0 Å². The molecule has 1 aromatic heterocycles. The number of ether oxygens (including phenoxy) is 2. The second kappa shape index (κ2) is 9.79. The summed E-state index contributed by atoms with van der Waals surface area (Å²) in [5.41, 5.74) is -2.20. The Kier molecular flexibility index (Phi) is 8.30. The summed E-state index contributed by atoms with van der Waals surface area (Å²) in [5.74, 6) is 0. The summed E-state index contributed by atoms with van der Waals surface area (Å²) in [7, 11) is -17.3. The quantitative estimate of drug-likeness (QED) is 0.202. The Balaban J connectivity index is 2.21. The zero-order chi connectivity index (χ0) is 25.4. The molecule has 1 saturated heterocycles. The smallest absolute Gasteiger partial charge is 0.387 e. The Labute approximate surface area is 178 Å².